The summed E-state index contributed by atoms with van der Waals surface area (Å²) in [6.07, 6.45) is 6.44. The quantitative estimate of drug-likeness (QED) is 0.182. The molecule has 0 aromatic heterocycles. The van der Waals surface area contributed by atoms with Gasteiger partial charge in [-0.25, -0.2) is 0 Å². The van der Waals surface area contributed by atoms with Gasteiger partial charge in [-0.15, -0.1) is 11.8 Å². The third kappa shape index (κ3) is 6.67. The highest BCUT2D eigenvalue weighted by atomic mass is 79.9. The molecule has 0 bridgehead atoms. The second-order valence-electron chi connectivity index (χ2n) is 7.71. The molecule has 1 aliphatic rings. The first-order valence-corrected chi connectivity index (χ1v) is 14.3. The Balaban J connectivity index is 1.86. The molecule has 3 rings (SSSR count). The van der Waals surface area contributed by atoms with Crippen molar-refractivity contribution >= 4 is 55.2 Å². The van der Waals surface area contributed by atoms with Crippen LogP contribution in [0.2, 0.25) is 0 Å². The van der Waals surface area contributed by atoms with Gasteiger partial charge in [0.2, 0.25) is 5.91 Å². The van der Waals surface area contributed by atoms with E-state index in [0.717, 1.165) is 83.4 Å². The number of para-hydroxylation sites is 1. The molecule has 4 nitrogen and oxygen atoms in total. The number of amides is 1. The fourth-order valence-electron chi connectivity index (χ4n) is 3.73. The molecule has 0 saturated heterocycles. The van der Waals surface area contributed by atoms with Crippen molar-refractivity contribution in [2.75, 3.05) is 35.8 Å². The summed E-state index contributed by atoms with van der Waals surface area (Å²) in [4.78, 5) is 16.8. The van der Waals surface area contributed by atoms with Crippen molar-refractivity contribution in [3.8, 4) is 11.5 Å². The highest BCUT2D eigenvalue weighted by molar-refractivity contribution is 9.09. The van der Waals surface area contributed by atoms with Crippen LogP contribution < -0.4 is 14.4 Å². The maximum Gasteiger partial charge on any atom is 0.245 e. The van der Waals surface area contributed by atoms with Crippen molar-refractivity contribution in [2.45, 2.75) is 48.7 Å². The molecule has 0 saturated carbocycles. The third-order valence-corrected chi connectivity index (χ3v) is 7.85. The predicted molar refractivity (Wildman–Crippen MR) is 141 cm³/mol. The third-order valence-electron chi connectivity index (χ3n) is 5.44. The monoisotopic (exact) mass is 583 g/mol. The van der Waals surface area contributed by atoms with Crippen LogP contribution in [0.3, 0.4) is 0 Å². The summed E-state index contributed by atoms with van der Waals surface area (Å²) in [6.45, 7) is 1.37. The van der Waals surface area contributed by atoms with Crippen LogP contribution in [0, 0.1) is 0 Å². The Hall–Kier alpha value is -1.18. The van der Waals surface area contributed by atoms with Crippen LogP contribution in [0.15, 0.2) is 47.4 Å². The fourth-order valence-corrected chi connectivity index (χ4v) is 5.77. The minimum atomic E-state index is -0.353. The van der Waals surface area contributed by atoms with Crippen molar-refractivity contribution < 1.29 is 14.3 Å². The Labute approximate surface area is 212 Å². The van der Waals surface area contributed by atoms with Gasteiger partial charge in [0.15, 0.2) is 0 Å². The highest BCUT2D eigenvalue weighted by Gasteiger charge is 2.36. The zero-order chi connectivity index (χ0) is 22.8. The zero-order valence-electron chi connectivity index (χ0n) is 18.5. The van der Waals surface area contributed by atoms with E-state index < -0.39 is 0 Å². The van der Waals surface area contributed by atoms with Crippen LogP contribution in [0.25, 0.3) is 0 Å². The summed E-state index contributed by atoms with van der Waals surface area (Å²) >= 11 is 8.58. The number of fused-ring (bicyclic) bond motifs is 1. The summed E-state index contributed by atoms with van der Waals surface area (Å²) in [5, 5.41) is 1.66. The Morgan fingerprint density at radius 2 is 1.72 bits per heavy atom. The molecule has 32 heavy (non-hydrogen) atoms. The average molecular weight is 585 g/mol. The number of alkyl halides is 2. The molecule has 0 fully saturated rings. The minimum Gasteiger partial charge on any atom is -0.497 e. The summed E-state index contributed by atoms with van der Waals surface area (Å²) in [5.74, 6) is 1.63. The number of hydrogen-bond acceptors (Lipinski definition) is 4. The number of hydrogen-bond donors (Lipinski definition) is 0. The Bertz CT molecular complexity index is 880. The summed E-state index contributed by atoms with van der Waals surface area (Å²) in [7, 11) is 1.65. The van der Waals surface area contributed by atoms with Gasteiger partial charge in [0.05, 0.1) is 19.4 Å². The van der Waals surface area contributed by atoms with E-state index in [1.807, 2.05) is 41.3 Å². The number of carbonyl (C=O) groups is 1. The van der Waals surface area contributed by atoms with Crippen molar-refractivity contribution in [1.82, 2.24) is 0 Å². The van der Waals surface area contributed by atoms with Crippen molar-refractivity contribution in [1.29, 1.82) is 0 Å². The molecule has 0 radical (unpaired) electrons. The highest BCUT2D eigenvalue weighted by Crippen LogP contribution is 2.49. The first-order chi connectivity index (χ1) is 15.7. The Morgan fingerprint density at radius 3 is 2.47 bits per heavy atom. The molecule has 2 aromatic rings. The number of nitrogens with zero attached hydrogens (tertiary/aromatic N) is 1. The lowest BCUT2D eigenvalue weighted by Crippen LogP contribution is -2.38. The molecule has 174 valence electrons. The smallest absolute Gasteiger partial charge is 0.245 e. The van der Waals surface area contributed by atoms with E-state index in [1.165, 1.54) is 0 Å². The second kappa shape index (κ2) is 13.5. The molecule has 1 atom stereocenters. The average Bonchev–Trinajstić information content (AvgIpc) is 2.82. The number of thioether (sulfide) groups is 1. The van der Waals surface area contributed by atoms with Crippen LogP contribution in [-0.2, 0) is 4.79 Å². The fraction of sp³-hybridized carbons (Fsp3) is 0.480. The van der Waals surface area contributed by atoms with Crippen molar-refractivity contribution in [2.24, 2.45) is 0 Å². The molecule has 1 amide bonds. The first-order valence-electron chi connectivity index (χ1n) is 11.2. The van der Waals surface area contributed by atoms with E-state index in [-0.39, 0.29) is 11.2 Å². The Morgan fingerprint density at radius 1 is 0.969 bits per heavy atom. The number of methoxy groups -OCH3 is 1. The van der Waals surface area contributed by atoms with E-state index in [0.29, 0.717) is 6.61 Å². The number of ether oxygens (including phenoxy) is 2. The van der Waals surface area contributed by atoms with Crippen molar-refractivity contribution in [3.63, 3.8) is 0 Å². The van der Waals surface area contributed by atoms with Gasteiger partial charge in [-0.05, 0) is 62.4 Å². The van der Waals surface area contributed by atoms with E-state index >= 15 is 0 Å². The normalized spacial score (nSPS) is 15.5. The lowest BCUT2D eigenvalue weighted by atomic mass is 10.1. The van der Waals surface area contributed by atoms with Gasteiger partial charge in [0, 0.05) is 27.7 Å². The molecular formula is C25H31Br2NO3S. The first kappa shape index (κ1) is 25.4. The van der Waals surface area contributed by atoms with Gasteiger partial charge >= 0.3 is 0 Å². The molecular weight excluding hydrogens is 554 g/mol. The van der Waals surface area contributed by atoms with Gasteiger partial charge in [-0.1, -0.05) is 50.4 Å². The van der Waals surface area contributed by atoms with Crippen LogP contribution >= 0.6 is 43.6 Å². The predicted octanol–water partition coefficient (Wildman–Crippen LogP) is 7.38. The standard InChI is InChI=1S/C25H31Br2NO3S/c1-30-19-12-13-22(31-17-9-3-7-15-27)20(18-19)24-25(29)28(16-8-2-6-14-26)21-10-4-5-11-23(21)32-24/h4-5,10-13,18,24H,2-3,6-9,14-17H2,1H3. The van der Waals surface area contributed by atoms with Gasteiger partial charge in [-0.3, -0.25) is 4.79 Å². The molecule has 0 aliphatic carbocycles. The largest absolute Gasteiger partial charge is 0.497 e. The second-order valence-corrected chi connectivity index (χ2v) is 10.4. The lowest BCUT2D eigenvalue weighted by molar-refractivity contribution is -0.118. The molecule has 1 aliphatic heterocycles. The van der Waals surface area contributed by atoms with Gasteiger partial charge in [0.1, 0.15) is 16.7 Å². The molecule has 1 heterocycles. The van der Waals surface area contributed by atoms with E-state index in [4.69, 9.17) is 9.47 Å². The maximum atomic E-state index is 13.7. The Kier molecular flexibility index (Phi) is 10.7. The number of benzene rings is 2. The van der Waals surface area contributed by atoms with E-state index in [9.17, 15) is 4.79 Å². The molecule has 0 spiro atoms. The van der Waals surface area contributed by atoms with Crippen LogP contribution in [-0.4, -0.2) is 36.8 Å². The summed E-state index contributed by atoms with van der Waals surface area (Å²) < 4.78 is 11.6. The minimum absolute atomic E-state index is 0.116. The molecule has 7 heteroatoms. The SMILES string of the molecule is COc1ccc(OCCCCCBr)c(C2Sc3ccccc3N(CCCCCBr)C2=O)c1. The van der Waals surface area contributed by atoms with E-state index in [1.54, 1.807) is 18.9 Å². The summed E-state index contributed by atoms with van der Waals surface area (Å²) in [6, 6.07) is 14.0. The van der Waals surface area contributed by atoms with Crippen molar-refractivity contribution in [3.05, 3.63) is 48.0 Å². The molecule has 2 aromatic carbocycles. The number of halogens is 2. The van der Waals surface area contributed by atoms with Gasteiger partial charge < -0.3 is 14.4 Å². The molecule has 1 unspecified atom stereocenters. The number of anilines is 1. The number of unbranched alkanes of at least 4 members (excludes halogenated alkanes) is 4. The maximum absolute atomic E-state index is 13.7. The van der Waals surface area contributed by atoms with Gasteiger partial charge in [-0.2, -0.15) is 0 Å². The molecule has 0 N–H and O–H groups in total. The summed E-state index contributed by atoms with van der Waals surface area (Å²) in [5.41, 5.74) is 1.90. The van der Waals surface area contributed by atoms with Crippen LogP contribution in [0.1, 0.15) is 49.3 Å². The van der Waals surface area contributed by atoms with Gasteiger partial charge in [0.25, 0.3) is 0 Å². The number of rotatable bonds is 13. The van der Waals surface area contributed by atoms with Crippen LogP contribution in [0.4, 0.5) is 5.69 Å². The lowest BCUT2D eigenvalue weighted by Gasteiger charge is -2.34. The zero-order valence-corrected chi connectivity index (χ0v) is 22.5. The van der Waals surface area contributed by atoms with E-state index in [2.05, 4.69) is 37.9 Å². The number of carbonyl (C=O) groups excluding carboxylic acids is 1. The topological polar surface area (TPSA) is 38.8 Å². The van der Waals surface area contributed by atoms with Crippen LogP contribution in [0.5, 0.6) is 11.5 Å².